The maximum atomic E-state index is 12.7. The predicted molar refractivity (Wildman–Crippen MR) is 112 cm³/mol. The van der Waals surface area contributed by atoms with Crippen molar-refractivity contribution >= 4 is 17.4 Å². The Kier molecular flexibility index (Phi) is 5.87. The smallest absolute Gasteiger partial charge is 0.224 e. The molecule has 0 saturated carbocycles. The summed E-state index contributed by atoms with van der Waals surface area (Å²) in [7, 11) is 0. The Labute approximate surface area is 166 Å². The third-order valence-corrected chi connectivity index (χ3v) is 5.95. The van der Waals surface area contributed by atoms with Gasteiger partial charge in [-0.2, -0.15) is 0 Å². The van der Waals surface area contributed by atoms with Gasteiger partial charge in [0.05, 0.1) is 0 Å². The second kappa shape index (κ2) is 8.70. The summed E-state index contributed by atoms with van der Waals surface area (Å²) in [6, 6.07) is 16.4. The van der Waals surface area contributed by atoms with Crippen LogP contribution in [0.15, 0.2) is 48.5 Å². The molecule has 0 unspecified atom stereocenters. The van der Waals surface area contributed by atoms with Crippen LogP contribution in [0.2, 0.25) is 0 Å². The van der Waals surface area contributed by atoms with Crippen LogP contribution in [0.3, 0.4) is 0 Å². The van der Waals surface area contributed by atoms with Gasteiger partial charge in [0.25, 0.3) is 0 Å². The topological polar surface area (TPSA) is 49.4 Å². The van der Waals surface area contributed by atoms with E-state index in [0.717, 1.165) is 49.3 Å². The Balaban J connectivity index is 1.30. The molecule has 0 radical (unpaired) electrons. The van der Waals surface area contributed by atoms with Crippen LogP contribution in [-0.2, 0) is 17.6 Å². The standard InChI is InChI=1S/C24H28N2O2/c27-23(21-8-10-22-20(16-21)9-11-24(28)25-22)12-14-26-13-4-7-19(17-26)15-18-5-2-1-3-6-18/h1-3,5-6,8,10,16,19H,4,7,9,11-15,17H2,(H,25,28)/t19-/m1/s1. The number of anilines is 1. The van der Waals surface area contributed by atoms with Crippen molar-refractivity contribution in [1.29, 1.82) is 0 Å². The Morgan fingerprint density at radius 1 is 1.11 bits per heavy atom. The van der Waals surface area contributed by atoms with Gasteiger partial charge in [-0.15, -0.1) is 0 Å². The molecular weight excluding hydrogens is 348 g/mol. The zero-order valence-electron chi connectivity index (χ0n) is 16.3. The van der Waals surface area contributed by atoms with E-state index in [4.69, 9.17) is 0 Å². The molecule has 1 saturated heterocycles. The molecule has 0 bridgehead atoms. The van der Waals surface area contributed by atoms with E-state index in [0.29, 0.717) is 18.8 Å². The first-order chi connectivity index (χ1) is 13.7. The number of ketones is 1. The molecule has 1 amide bonds. The number of nitrogens with one attached hydrogen (secondary N) is 1. The molecule has 1 fully saturated rings. The normalized spacial score (nSPS) is 19.7. The fourth-order valence-electron chi connectivity index (χ4n) is 4.43. The average molecular weight is 376 g/mol. The average Bonchev–Trinajstić information content (AvgIpc) is 2.72. The minimum Gasteiger partial charge on any atom is -0.326 e. The second-order valence-corrected chi connectivity index (χ2v) is 8.09. The largest absolute Gasteiger partial charge is 0.326 e. The number of piperidine rings is 1. The Morgan fingerprint density at radius 2 is 1.96 bits per heavy atom. The van der Waals surface area contributed by atoms with Gasteiger partial charge in [-0.25, -0.2) is 0 Å². The minimum atomic E-state index is 0.0572. The number of benzene rings is 2. The van der Waals surface area contributed by atoms with Gasteiger partial charge in [0.15, 0.2) is 5.78 Å². The molecule has 28 heavy (non-hydrogen) atoms. The van der Waals surface area contributed by atoms with Gasteiger partial charge < -0.3 is 10.2 Å². The zero-order valence-corrected chi connectivity index (χ0v) is 16.3. The number of nitrogens with zero attached hydrogens (tertiary/aromatic N) is 1. The monoisotopic (exact) mass is 376 g/mol. The number of carbonyl (C=O) groups is 2. The van der Waals surface area contributed by atoms with Crippen LogP contribution in [0.5, 0.6) is 0 Å². The van der Waals surface area contributed by atoms with Gasteiger partial charge in [0.1, 0.15) is 0 Å². The van der Waals surface area contributed by atoms with Crippen molar-refractivity contribution in [2.75, 3.05) is 25.0 Å². The van der Waals surface area contributed by atoms with Crippen LogP contribution >= 0.6 is 0 Å². The van der Waals surface area contributed by atoms with E-state index in [-0.39, 0.29) is 11.7 Å². The van der Waals surface area contributed by atoms with E-state index >= 15 is 0 Å². The zero-order chi connectivity index (χ0) is 19.3. The molecule has 4 nitrogen and oxygen atoms in total. The lowest BCUT2D eigenvalue weighted by molar-refractivity contribution is -0.116. The molecule has 2 heterocycles. The highest BCUT2D eigenvalue weighted by Crippen LogP contribution is 2.25. The van der Waals surface area contributed by atoms with E-state index in [1.807, 2.05) is 18.2 Å². The van der Waals surface area contributed by atoms with Gasteiger partial charge in [0, 0.05) is 37.2 Å². The summed E-state index contributed by atoms with van der Waals surface area (Å²) in [6.07, 6.45) is 5.39. The molecule has 2 aliphatic rings. The first kappa shape index (κ1) is 18.9. The SMILES string of the molecule is O=C1CCc2cc(C(=O)CCN3CCC[C@H](Cc4ccccc4)C3)ccc2N1. The number of hydrogen-bond donors (Lipinski definition) is 1. The van der Waals surface area contributed by atoms with Crippen LogP contribution in [0, 0.1) is 5.92 Å². The van der Waals surface area contributed by atoms with E-state index in [1.54, 1.807) is 0 Å². The molecule has 146 valence electrons. The van der Waals surface area contributed by atoms with Gasteiger partial charge in [-0.05, 0) is 67.5 Å². The molecule has 4 heteroatoms. The number of Topliss-reactive ketones (excluding diaryl/α,β-unsaturated/α-hetero) is 1. The third kappa shape index (κ3) is 4.68. The molecule has 4 rings (SSSR count). The molecular formula is C24H28N2O2. The van der Waals surface area contributed by atoms with Crippen molar-refractivity contribution in [3.63, 3.8) is 0 Å². The van der Waals surface area contributed by atoms with E-state index < -0.39 is 0 Å². The first-order valence-corrected chi connectivity index (χ1v) is 10.4. The van der Waals surface area contributed by atoms with Crippen LogP contribution < -0.4 is 5.32 Å². The summed E-state index contributed by atoms with van der Waals surface area (Å²) in [5.41, 5.74) is 4.11. The second-order valence-electron chi connectivity index (χ2n) is 8.09. The van der Waals surface area contributed by atoms with Gasteiger partial charge in [0.2, 0.25) is 5.91 Å². The van der Waals surface area contributed by atoms with Crippen molar-refractivity contribution in [3.05, 3.63) is 65.2 Å². The highest BCUT2D eigenvalue weighted by Gasteiger charge is 2.21. The first-order valence-electron chi connectivity index (χ1n) is 10.4. The van der Waals surface area contributed by atoms with Gasteiger partial charge in [-0.3, -0.25) is 9.59 Å². The molecule has 0 aromatic heterocycles. The molecule has 0 spiro atoms. The quantitative estimate of drug-likeness (QED) is 0.772. The maximum Gasteiger partial charge on any atom is 0.224 e. The number of amides is 1. The van der Waals surface area contributed by atoms with E-state index in [2.05, 4.69) is 40.5 Å². The Morgan fingerprint density at radius 3 is 2.82 bits per heavy atom. The summed E-state index contributed by atoms with van der Waals surface area (Å²) >= 11 is 0. The number of carbonyl (C=O) groups excluding carboxylic acids is 2. The van der Waals surface area contributed by atoms with Gasteiger partial charge in [-0.1, -0.05) is 30.3 Å². The maximum absolute atomic E-state index is 12.7. The van der Waals surface area contributed by atoms with E-state index in [9.17, 15) is 9.59 Å². The summed E-state index contributed by atoms with van der Waals surface area (Å²) in [4.78, 5) is 26.6. The third-order valence-electron chi connectivity index (χ3n) is 5.95. The lowest BCUT2D eigenvalue weighted by Crippen LogP contribution is -2.37. The molecule has 1 atom stereocenters. The van der Waals surface area contributed by atoms with Crippen molar-refractivity contribution < 1.29 is 9.59 Å². The number of likely N-dealkylation sites (tertiary alicyclic amines) is 1. The lowest BCUT2D eigenvalue weighted by atomic mass is 9.91. The summed E-state index contributed by atoms with van der Waals surface area (Å²) < 4.78 is 0. The van der Waals surface area contributed by atoms with Gasteiger partial charge >= 0.3 is 0 Å². The molecule has 2 aromatic rings. The van der Waals surface area contributed by atoms with Crippen molar-refractivity contribution in [2.24, 2.45) is 5.92 Å². The highest BCUT2D eigenvalue weighted by molar-refractivity contribution is 5.99. The fourth-order valence-corrected chi connectivity index (χ4v) is 4.43. The van der Waals surface area contributed by atoms with E-state index in [1.165, 1.54) is 18.4 Å². The highest BCUT2D eigenvalue weighted by atomic mass is 16.1. The van der Waals surface area contributed by atoms with Crippen LogP contribution in [0.25, 0.3) is 0 Å². The molecule has 2 aromatic carbocycles. The summed E-state index contributed by atoms with van der Waals surface area (Å²) in [6.45, 7) is 3.01. The predicted octanol–water partition coefficient (Wildman–Crippen LogP) is 4.10. The Bertz CT molecular complexity index is 847. The number of aryl methyl sites for hydroxylation is 1. The molecule has 1 N–H and O–H groups in total. The van der Waals surface area contributed by atoms with Crippen molar-refractivity contribution in [1.82, 2.24) is 4.90 Å². The van der Waals surface area contributed by atoms with Crippen molar-refractivity contribution in [3.8, 4) is 0 Å². The van der Waals surface area contributed by atoms with Crippen LogP contribution in [0.1, 0.15) is 47.2 Å². The number of rotatable bonds is 6. The number of fused-ring (bicyclic) bond motifs is 1. The van der Waals surface area contributed by atoms with Crippen LogP contribution in [-0.4, -0.2) is 36.2 Å². The van der Waals surface area contributed by atoms with Crippen molar-refractivity contribution in [2.45, 2.75) is 38.5 Å². The van der Waals surface area contributed by atoms with Crippen LogP contribution in [0.4, 0.5) is 5.69 Å². The lowest BCUT2D eigenvalue weighted by Gasteiger charge is -2.32. The summed E-state index contributed by atoms with van der Waals surface area (Å²) in [5.74, 6) is 0.935. The molecule has 2 aliphatic heterocycles. The molecule has 0 aliphatic carbocycles. The minimum absolute atomic E-state index is 0.0572. The summed E-state index contributed by atoms with van der Waals surface area (Å²) in [5, 5.41) is 2.88. The Hall–Kier alpha value is -2.46. The fraction of sp³-hybridized carbons (Fsp3) is 0.417. The number of hydrogen-bond acceptors (Lipinski definition) is 3.